The molecule has 1 aliphatic heterocycles. The van der Waals surface area contributed by atoms with Gasteiger partial charge in [-0.2, -0.15) is 0 Å². The SMILES string of the molecule is O=C(Nc1ccc(Cl)cc1)N1C(=O)[C@H]2CCC[C@H]21. The van der Waals surface area contributed by atoms with Gasteiger partial charge < -0.3 is 5.32 Å². The Morgan fingerprint density at radius 1 is 1.28 bits per heavy atom. The first kappa shape index (κ1) is 11.5. The molecule has 2 atom stereocenters. The zero-order chi connectivity index (χ0) is 12.7. The lowest BCUT2D eigenvalue weighted by molar-refractivity contribution is -0.147. The summed E-state index contributed by atoms with van der Waals surface area (Å²) in [7, 11) is 0. The fourth-order valence-electron chi connectivity index (χ4n) is 2.77. The molecule has 1 heterocycles. The van der Waals surface area contributed by atoms with Gasteiger partial charge in [0.15, 0.2) is 0 Å². The summed E-state index contributed by atoms with van der Waals surface area (Å²) in [4.78, 5) is 25.1. The number of anilines is 1. The molecular weight excluding hydrogens is 252 g/mol. The van der Waals surface area contributed by atoms with Crippen LogP contribution in [0, 0.1) is 5.92 Å². The summed E-state index contributed by atoms with van der Waals surface area (Å²) in [5, 5.41) is 3.34. The standard InChI is InChI=1S/C13H13ClN2O2/c14-8-4-6-9(7-5-8)15-13(18)16-11-3-1-2-10(11)12(16)17/h4-7,10-11H,1-3H2,(H,15,18)/t10-,11+/m0/s1. The number of carbonyl (C=O) groups excluding carboxylic acids is 2. The predicted molar refractivity (Wildman–Crippen MR) is 68.4 cm³/mol. The molecule has 94 valence electrons. The van der Waals surface area contributed by atoms with E-state index < -0.39 is 0 Å². The van der Waals surface area contributed by atoms with Crippen LogP contribution in [0.5, 0.6) is 0 Å². The van der Waals surface area contributed by atoms with Crippen LogP contribution in [0.15, 0.2) is 24.3 Å². The van der Waals surface area contributed by atoms with Crippen molar-refractivity contribution in [1.82, 2.24) is 4.90 Å². The van der Waals surface area contributed by atoms with Crippen molar-refractivity contribution in [3.63, 3.8) is 0 Å². The highest BCUT2D eigenvalue weighted by Gasteiger charge is 2.52. The number of nitrogens with one attached hydrogen (secondary N) is 1. The summed E-state index contributed by atoms with van der Waals surface area (Å²) in [5.41, 5.74) is 0.652. The van der Waals surface area contributed by atoms with Crippen LogP contribution in [0.3, 0.4) is 0 Å². The molecule has 1 aromatic carbocycles. The first-order chi connectivity index (χ1) is 8.66. The predicted octanol–water partition coefficient (Wildman–Crippen LogP) is 2.88. The van der Waals surface area contributed by atoms with Crippen LogP contribution in [-0.2, 0) is 4.79 Å². The van der Waals surface area contributed by atoms with E-state index in [1.54, 1.807) is 24.3 Å². The topological polar surface area (TPSA) is 49.4 Å². The van der Waals surface area contributed by atoms with Gasteiger partial charge in [-0.15, -0.1) is 0 Å². The highest BCUT2D eigenvalue weighted by atomic mass is 35.5. The van der Waals surface area contributed by atoms with Crippen molar-refractivity contribution in [2.24, 2.45) is 5.92 Å². The highest BCUT2D eigenvalue weighted by molar-refractivity contribution is 6.30. The van der Waals surface area contributed by atoms with Crippen LogP contribution in [-0.4, -0.2) is 22.9 Å². The van der Waals surface area contributed by atoms with Crippen LogP contribution in [0.25, 0.3) is 0 Å². The van der Waals surface area contributed by atoms with Crippen LogP contribution >= 0.6 is 11.6 Å². The van der Waals surface area contributed by atoms with Gasteiger partial charge in [-0.05, 0) is 37.1 Å². The number of carbonyl (C=O) groups is 2. The van der Waals surface area contributed by atoms with Crippen molar-refractivity contribution in [3.8, 4) is 0 Å². The molecule has 0 aromatic heterocycles. The Balaban J connectivity index is 1.68. The van der Waals surface area contributed by atoms with Gasteiger partial charge in [0.05, 0.1) is 12.0 Å². The number of benzene rings is 1. The minimum absolute atomic E-state index is 0.0380. The van der Waals surface area contributed by atoms with E-state index in [4.69, 9.17) is 11.6 Å². The van der Waals surface area contributed by atoms with Crippen molar-refractivity contribution >= 4 is 29.2 Å². The van der Waals surface area contributed by atoms with Crippen molar-refractivity contribution in [1.29, 1.82) is 0 Å². The Labute approximate surface area is 110 Å². The zero-order valence-electron chi connectivity index (χ0n) is 9.73. The number of amides is 3. The lowest BCUT2D eigenvalue weighted by Crippen LogP contribution is -2.61. The fourth-order valence-corrected chi connectivity index (χ4v) is 2.89. The molecule has 2 fully saturated rings. The third kappa shape index (κ3) is 1.77. The molecule has 3 rings (SSSR count). The molecule has 1 saturated heterocycles. The molecule has 2 aliphatic rings. The number of imide groups is 1. The Bertz CT molecular complexity index is 500. The third-order valence-corrected chi connectivity index (χ3v) is 3.93. The molecule has 0 radical (unpaired) electrons. The smallest absolute Gasteiger partial charge is 0.307 e. The molecule has 1 N–H and O–H groups in total. The van der Waals surface area contributed by atoms with Gasteiger partial charge in [0, 0.05) is 10.7 Å². The van der Waals surface area contributed by atoms with Crippen molar-refractivity contribution in [3.05, 3.63) is 29.3 Å². The molecule has 1 aliphatic carbocycles. The molecule has 3 amide bonds. The second kappa shape index (κ2) is 4.28. The molecule has 0 unspecified atom stereocenters. The van der Waals surface area contributed by atoms with E-state index in [2.05, 4.69) is 5.32 Å². The number of nitrogens with zero attached hydrogens (tertiary/aromatic N) is 1. The third-order valence-electron chi connectivity index (χ3n) is 3.68. The Morgan fingerprint density at radius 2 is 2.00 bits per heavy atom. The van der Waals surface area contributed by atoms with Gasteiger partial charge in [-0.1, -0.05) is 18.0 Å². The maximum atomic E-state index is 12.0. The number of β-lactam (4-membered cyclic amide) rings is 1. The number of urea groups is 1. The second-order valence-corrected chi connectivity index (χ2v) is 5.19. The summed E-state index contributed by atoms with van der Waals surface area (Å²) in [6.45, 7) is 0. The second-order valence-electron chi connectivity index (χ2n) is 4.75. The van der Waals surface area contributed by atoms with E-state index in [1.165, 1.54) is 4.90 Å². The fraction of sp³-hybridized carbons (Fsp3) is 0.385. The van der Waals surface area contributed by atoms with Gasteiger partial charge in [0.2, 0.25) is 5.91 Å². The van der Waals surface area contributed by atoms with Gasteiger partial charge >= 0.3 is 6.03 Å². The molecule has 1 aromatic rings. The van der Waals surface area contributed by atoms with Gasteiger partial charge in [-0.3, -0.25) is 9.69 Å². The van der Waals surface area contributed by atoms with Gasteiger partial charge in [0.25, 0.3) is 0 Å². The Morgan fingerprint density at radius 3 is 2.72 bits per heavy atom. The van der Waals surface area contributed by atoms with E-state index in [1.807, 2.05) is 0 Å². The lowest BCUT2D eigenvalue weighted by atomic mass is 9.91. The number of hydrogen-bond acceptors (Lipinski definition) is 2. The van der Waals surface area contributed by atoms with E-state index in [0.717, 1.165) is 19.3 Å². The average Bonchev–Trinajstić information content (AvgIpc) is 2.76. The number of fused-ring (bicyclic) bond motifs is 1. The quantitative estimate of drug-likeness (QED) is 0.793. The maximum Gasteiger partial charge on any atom is 0.328 e. The van der Waals surface area contributed by atoms with Crippen LogP contribution in [0.1, 0.15) is 19.3 Å². The number of hydrogen-bond donors (Lipinski definition) is 1. The molecule has 0 bridgehead atoms. The Hall–Kier alpha value is -1.55. The van der Waals surface area contributed by atoms with Crippen LogP contribution in [0.4, 0.5) is 10.5 Å². The molecule has 18 heavy (non-hydrogen) atoms. The Kier molecular flexibility index (Phi) is 2.74. The van der Waals surface area contributed by atoms with Gasteiger partial charge in [-0.25, -0.2) is 4.79 Å². The van der Waals surface area contributed by atoms with E-state index in [0.29, 0.717) is 10.7 Å². The van der Waals surface area contributed by atoms with Crippen LogP contribution < -0.4 is 5.32 Å². The van der Waals surface area contributed by atoms with Gasteiger partial charge in [0.1, 0.15) is 0 Å². The van der Waals surface area contributed by atoms with E-state index >= 15 is 0 Å². The minimum atomic E-state index is -0.328. The van der Waals surface area contributed by atoms with E-state index in [9.17, 15) is 9.59 Å². The average molecular weight is 265 g/mol. The lowest BCUT2D eigenvalue weighted by Gasteiger charge is -2.41. The summed E-state index contributed by atoms with van der Waals surface area (Å²) in [5.74, 6) is 0.0462. The molecule has 4 nitrogen and oxygen atoms in total. The normalized spacial score (nSPS) is 25.6. The number of rotatable bonds is 1. The molecular formula is C13H13ClN2O2. The number of halogens is 1. The summed E-state index contributed by atoms with van der Waals surface area (Å²) in [6.07, 6.45) is 2.89. The first-order valence-electron chi connectivity index (χ1n) is 6.06. The van der Waals surface area contributed by atoms with E-state index in [-0.39, 0.29) is 23.9 Å². The summed E-state index contributed by atoms with van der Waals surface area (Å²) < 4.78 is 0. The zero-order valence-corrected chi connectivity index (χ0v) is 10.5. The summed E-state index contributed by atoms with van der Waals surface area (Å²) >= 11 is 5.77. The maximum absolute atomic E-state index is 12.0. The number of likely N-dealkylation sites (tertiary alicyclic amines) is 1. The largest absolute Gasteiger partial charge is 0.328 e. The minimum Gasteiger partial charge on any atom is -0.307 e. The monoisotopic (exact) mass is 264 g/mol. The van der Waals surface area contributed by atoms with Crippen molar-refractivity contribution < 1.29 is 9.59 Å². The van der Waals surface area contributed by atoms with Crippen molar-refractivity contribution in [2.75, 3.05) is 5.32 Å². The molecule has 5 heteroatoms. The first-order valence-corrected chi connectivity index (χ1v) is 6.44. The molecule has 0 spiro atoms. The summed E-state index contributed by atoms with van der Waals surface area (Å²) in [6, 6.07) is 6.63. The van der Waals surface area contributed by atoms with Crippen molar-refractivity contribution in [2.45, 2.75) is 25.3 Å². The van der Waals surface area contributed by atoms with Crippen LogP contribution in [0.2, 0.25) is 5.02 Å². The highest BCUT2D eigenvalue weighted by Crippen LogP contribution is 2.40. The molecule has 1 saturated carbocycles.